The maximum Gasteiger partial charge on any atom is 0.274 e. The zero-order valence-electron chi connectivity index (χ0n) is 16.0. The van der Waals surface area contributed by atoms with Crippen LogP contribution in [0.15, 0.2) is 0 Å². The van der Waals surface area contributed by atoms with Crippen molar-refractivity contribution >= 4 is 5.91 Å². The summed E-state index contributed by atoms with van der Waals surface area (Å²) >= 11 is 0. The molecular formula is C18H30N4O3. The Kier molecular flexibility index (Phi) is 5.18. The maximum absolute atomic E-state index is 13.0. The van der Waals surface area contributed by atoms with Crippen molar-refractivity contribution in [2.45, 2.75) is 51.9 Å². The third kappa shape index (κ3) is 3.59. The Bertz CT molecular complexity index is 620. The molecule has 2 aliphatic rings. The van der Waals surface area contributed by atoms with Crippen LogP contribution in [-0.4, -0.2) is 77.4 Å². The normalized spacial score (nSPS) is 25.1. The molecule has 0 aliphatic carbocycles. The summed E-state index contributed by atoms with van der Waals surface area (Å²) in [5, 5.41) is 7.34. The second-order valence-corrected chi connectivity index (χ2v) is 7.78. The van der Waals surface area contributed by atoms with E-state index in [-0.39, 0.29) is 23.7 Å². The van der Waals surface area contributed by atoms with Gasteiger partial charge >= 0.3 is 0 Å². The molecule has 7 nitrogen and oxygen atoms in total. The lowest BCUT2D eigenvalue weighted by atomic mass is 9.99. The largest absolute Gasteiger partial charge is 0.383 e. The number of rotatable bonds is 4. The van der Waals surface area contributed by atoms with Gasteiger partial charge in [0.15, 0.2) is 5.69 Å². The van der Waals surface area contributed by atoms with Gasteiger partial charge in [0.25, 0.3) is 5.91 Å². The third-order valence-corrected chi connectivity index (χ3v) is 5.36. The summed E-state index contributed by atoms with van der Waals surface area (Å²) in [6.45, 7) is 12.2. The highest BCUT2D eigenvalue weighted by Crippen LogP contribution is 2.30. The second kappa shape index (κ2) is 7.05. The molecule has 1 saturated heterocycles. The van der Waals surface area contributed by atoms with Gasteiger partial charge in [0.1, 0.15) is 0 Å². The lowest BCUT2D eigenvalue weighted by molar-refractivity contribution is -0.00726. The van der Waals surface area contributed by atoms with E-state index in [0.29, 0.717) is 12.3 Å². The van der Waals surface area contributed by atoms with Crippen LogP contribution < -0.4 is 0 Å². The van der Waals surface area contributed by atoms with Crippen molar-refractivity contribution in [3.8, 4) is 0 Å². The van der Waals surface area contributed by atoms with Crippen molar-refractivity contribution in [3.63, 3.8) is 0 Å². The van der Waals surface area contributed by atoms with Gasteiger partial charge in [-0.3, -0.25) is 14.8 Å². The van der Waals surface area contributed by atoms with Crippen LogP contribution in [0, 0.1) is 0 Å². The van der Waals surface area contributed by atoms with Crippen LogP contribution in [0.3, 0.4) is 0 Å². The number of aromatic amines is 1. The summed E-state index contributed by atoms with van der Waals surface area (Å²) in [6.07, 6.45) is 0.802. The Morgan fingerprint density at radius 1 is 1.32 bits per heavy atom. The number of methoxy groups -OCH3 is 1. The van der Waals surface area contributed by atoms with Gasteiger partial charge in [-0.1, -0.05) is 0 Å². The Morgan fingerprint density at radius 2 is 2.00 bits per heavy atom. The zero-order valence-corrected chi connectivity index (χ0v) is 16.0. The molecule has 1 amide bonds. The number of piperazine rings is 1. The smallest absolute Gasteiger partial charge is 0.274 e. The summed E-state index contributed by atoms with van der Waals surface area (Å²) in [6, 6.07) is 0. The number of fused-ring (bicyclic) bond motifs is 1. The van der Waals surface area contributed by atoms with Crippen LogP contribution in [0.5, 0.6) is 0 Å². The van der Waals surface area contributed by atoms with Gasteiger partial charge in [-0.25, -0.2) is 0 Å². The number of carbonyl (C=O) groups excluding carboxylic acids is 1. The predicted octanol–water partition coefficient (Wildman–Crippen LogP) is 1.61. The van der Waals surface area contributed by atoms with Crippen molar-refractivity contribution in [1.82, 2.24) is 20.0 Å². The highest BCUT2D eigenvalue weighted by atomic mass is 16.5. The molecule has 0 saturated carbocycles. The molecule has 1 N–H and O–H groups in total. The third-order valence-electron chi connectivity index (χ3n) is 5.36. The Hall–Kier alpha value is -1.44. The predicted molar refractivity (Wildman–Crippen MR) is 94.7 cm³/mol. The Morgan fingerprint density at radius 3 is 2.64 bits per heavy atom. The minimum atomic E-state index is -0.0421. The molecule has 1 aromatic rings. The van der Waals surface area contributed by atoms with Crippen LogP contribution in [0.1, 0.15) is 55.5 Å². The van der Waals surface area contributed by atoms with Crippen LogP contribution >= 0.6 is 0 Å². The molecule has 1 aromatic heterocycles. The van der Waals surface area contributed by atoms with Gasteiger partial charge in [0.05, 0.1) is 24.5 Å². The SMILES string of the molecule is COCC(C)(C)N1CCN(C(=O)c2n[nH]c3c2C[C@H](C)O[C@@H]3C)CC1. The molecule has 0 unspecified atom stereocenters. The fourth-order valence-electron chi connectivity index (χ4n) is 3.96. The summed E-state index contributed by atoms with van der Waals surface area (Å²) in [7, 11) is 1.73. The first kappa shape index (κ1) is 18.4. The summed E-state index contributed by atoms with van der Waals surface area (Å²) in [5.41, 5.74) is 2.53. The molecule has 2 atom stereocenters. The monoisotopic (exact) mass is 350 g/mol. The number of amides is 1. The standard InChI is InChI=1S/C18H30N4O3/c1-12-10-14-15(13(2)25-12)19-20-16(14)17(23)21-6-8-22(9-7-21)18(3,4)11-24-5/h12-13H,6-11H2,1-5H3,(H,19,20)/t12-,13+/m0/s1. The van der Waals surface area contributed by atoms with E-state index in [1.807, 2.05) is 18.7 Å². The van der Waals surface area contributed by atoms with Crippen LogP contribution in [0.4, 0.5) is 0 Å². The average molecular weight is 350 g/mol. The van der Waals surface area contributed by atoms with Crippen LogP contribution in [-0.2, 0) is 15.9 Å². The van der Waals surface area contributed by atoms with E-state index in [2.05, 4.69) is 28.9 Å². The van der Waals surface area contributed by atoms with Gasteiger partial charge in [0, 0.05) is 50.8 Å². The van der Waals surface area contributed by atoms with Gasteiger partial charge in [-0.2, -0.15) is 5.10 Å². The Balaban J connectivity index is 1.68. The Labute approximate surface area is 149 Å². The van der Waals surface area contributed by atoms with Gasteiger partial charge < -0.3 is 14.4 Å². The molecule has 2 aliphatic heterocycles. The molecule has 3 rings (SSSR count). The van der Waals surface area contributed by atoms with E-state index in [4.69, 9.17) is 9.47 Å². The number of nitrogens with one attached hydrogen (secondary N) is 1. The molecule has 3 heterocycles. The van der Waals surface area contributed by atoms with E-state index in [1.54, 1.807) is 7.11 Å². The first-order chi connectivity index (χ1) is 11.8. The first-order valence-electron chi connectivity index (χ1n) is 9.09. The molecule has 7 heteroatoms. The lowest BCUT2D eigenvalue weighted by Gasteiger charge is -2.43. The molecule has 140 valence electrons. The average Bonchev–Trinajstić information content (AvgIpc) is 2.98. The maximum atomic E-state index is 13.0. The number of carbonyl (C=O) groups is 1. The van der Waals surface area contributed by atoms with Gasteiger partial charge in [-0.05, 0) is 27.7 Å². The number of hydrogen-bond acceptors (Lipinski definition) is 5. The van der Waals surface area contributed by atoms with E-state index in [9.17, 15) is 4.79 Å². The van der Waals surface area contributed by atoms with Crippen molar-refractivity contribution in [2.24, 2.45) is 0 Å². The van der Waals surface area contributed by atoms with Crippen LogP contribution in [0.2, 0.25) is 0 Å². The molecule has 0 bridgehead atoms. The summed E-state index contributed by atoms with van der Waals surface area (Å²) < 4.78 is 11.1. The van der Waals surface area contributed by atoms with Gasteiger partial charge in [-0.15, -0.1) is 0 Å². The topological polar surface area (TPSA) is 70.7 Å². The van der Waals surface area contributed by atoms with Gasteiger partial charge in [0.2, 0.25) is 0 Å². The van der Waals surface area contributed by atoms with E-state index >= 15 is 0 Å². The highest BCUT2D eigenvalue weighted by Gasteiger charge is 2.35. The first-order valence-corrected chi connectivity index (χ1v) is 9.09. The highest BCUT2D eigenvalue weighted by molar-refractivity contribution is 5.94. The number of nitrogens with zero attached hydrogens (tertiary/aromatic N) is 3. The summed E-state index contributed by atoms with van der Waals surface area (Å²) in [4.78, 5) is 17.3. The molecule has 0 spiro atoms. The zero-order chi connectivity index (χ0) is 18.2. The molecule has 0 aromatic carbocycles. The minimum absolute atomic E-state index is 0.0163. The minimum Gasteiger partial charge on any atom is -0.383 e. The fraction of sp³-hybridized carbons (Fsp3) is 0.778. The van der Waals surface area contributed by atoms with Crippen LogP contribution in [0.25, 0.3) is 0 Å². The molecule has 25 heavy (non-hydrogen) atoms. The lowest BCUT2D eigenvalue weighted by Crippen LogP contribution is -2.57. The molecular weight excluding hydrogens is 320 g/mol. The number of H-pyrrole nitrogens is 1. The van der Waals surface area contributed by atoms with E-state index < -0.39 is 0 Å². The quantitative estimate of drug-likeness (QED) is 0.893. The summed E-state index contributed by atoms with van der Waals surface area (Å²) in [5.74, 6) is 0.0306. The second-order valence-electron chi connectivity index (χ2n) is 7.78. The van der Waals surface area contributed by atoms with E-state index in [1.165, 1.54) is 0 Å². The van der Waals surface area contributed by atoms with Crippen molar-refractivity contribution in [1.29, 1.82) is 0 Å². The van der Waals surface area contributed by atoms with Crippen molar-refractivity contribution < 1.29 is 14.3 Å². The van der Waals surface area contributed by atoms with Crippen molar-refractivity contribution in [3.05, 3.63) is 17.0 Å². The fourth-order valence-corrected chi connectivity index (χ4v) is 3.96. The number of hydrogen-bond donors (Lipinski definition) is 1. The molecule has 1 fully saturated rings. The number of ether oxygens (including phenoxy) is 2. The molecule has 0 radical (unpaired) electrons. The van der Waals surface area contributed by atoms with E-state index in [0.717, 1.165) is 43.9 Å². The van der Waals surface area contributed by atoms with Crippen molar-refractivity contribution in [2.75, 3.05) is 39.9 Å². The number of aromatic nitrogens is 2.